The van der Waals surface area contributed by atoms with Crippen LogP contribution in [0.2, 0.25) is 0 Å². The molecule has 0 saturated heterocycles. The summed E-state index contributed by atoms with van der Waals surface area (Å²) < 4.78 is 0. The summed E-state index contributed by atoms with van der Waals surface area (Å²) in [6.07, 6.45) is 4.18. The van der Waals surface area contributed by atoms with E-state index in [1.54, 1.807) is 18.5 Å². The van der Waals surface area contributed by atoms with Gasteiger partial charge in [-0.25, -0.2) is 4.98 Å². The zero-order valence-electron chi connectivity index (χ0n) is 14.9. The Labute approximate surface area is 158 Å². The van der Waals surface area contributed by atoms with Crippen molar-refractivity contribution in [1.82, 2.24) is 15.3 Å². The van der Waals surface area contributed by atoms with Crippen LogP contribution >= 0.6 is 11.8 Å². The van der Waals surface area contributed by atoms with E-state index >= 15 is 0 Å². The zero-order valence-corrected chi connectivity index (χ0v) is 15.7. The number of aromatic nitrogens is 2. The standard InChI is InChI=1S/C21H21N3OS/c1-15-8-9-16(2)19(14-15)26-21-18(7-5-12-24-21)20(25)23-13-10-17-6-3-4-11-22-17/h3-9,11-12,14H,10,13H2,1-2H3,(H,23,25). The average molecular weight is 363 g/mol. The summed E-state index contributed by atoms with van der Waals surface area (Å²) in [4.78, 5) is 22.4. The minimum absolute atomic E-state index is 0.109. The number of rotatable bonds is 6. The molecule has 5 heteroatoms. The Balaban J connectivity index is 1.70. The van der Waals surface area contributed by atoms with Gasteiger partial charge in [0.15, 0.2) is 0 Å². The molecule has 1 N–H and O–H groups in total. The molecule has 0 saturated carbocycles. The first-order chi connectivity index (χ1) is 12.6. The Kier molecular flexibility index (Phi) is 6.02. The monoisotopic (exact) mass is 363 g/mol. The molecule has 4 nitrogen and oxygen atoms in total. The van der Waals surface area contributed by atoms with Crippen LogP contribution in [-0.2, 0) is 6.42 Å². The molecule has 1 aromatic carbocycles. The fourth-order valence-electron chi connectivity index (χ4n) is 2.51. The van der Waals surface area contributed by atoms with Crippen molar-refractivity contribution < 1.29 is 4.79 Å². The molecule has 0 atom stereocenters. The number of nitrogens with zero attached hydrogens (tertiary/aromatic N) is 2. The first kappa shape index (κ1) is 18.1. The van der Waals surface area contributed by atoms with Crippen molar-refractivity contribution in [2.45, 2.75) is 30.2 Å². The summed E-state index contributed by atoms with van der Waals surface area (Å²) >= 11 is 1.53. The average Bonchev–Trinajstić information content (AvgIpc) is 2.66. The van der Waals surface area contributed by atoms with Gasteiger partial charge in [0.2, 0.25) is 0 Å². The van der Waals surface area contributed by atoms with Crippen molar-refractivity contribution in [1.29, 1.82) is 0 Å². The third-order valence-electron chi connectivity index (χ3n) is 3.96. The normalized spacial score (nSPS) is 10.5. The number of carbonyl (C=O) groups is 1. The minimum atomic E-state index is -0.109. The molecule has 132 valence electrons. The summed E-state index contributed by atoms with van der Waals surface area (Å²) in [5.74, 6) is -0.109. The number of hydrogen-bond acceptors (Lipinski definition) is 4. The quantitative estimate of drug-likeness (QED) is 0.712. The second-order valence-electron chi connectivity index (χ2n) is 6.05. The molecule has 0 aliphatic carbocycles. The SMILES string of the molecule is Cc1ccc(C)c(Sc2ncccc2C(=O)NCCc2ccccn2)c1. The van der Waals surface area contributed by atoms with E-state index in [1.807, 2.05) is 24.3 Å². The second kappa shape index (κ2) is 8.63. The van der Waals surface area contributed by atoms with Crippen LogP contribution in [0.25, 0.3) is 0 Å². The third-order valence-corrected chi connectivity index (χ3v) is 5.14. The highest BCUT2D eigenvalue weighted by Gasteiger charge is 2.14. The zero-order chi connectivity index (χ0) is 18.4. The predicted molar refractivity (Wildman–Crippen MR) is 105 cm³/mol. The van der Waals surface area contributed by atoms with Crippen LogP contribution in [0.4, 0.5) is 0 Å². The molecule has 0 aliphatic heterocycles. The van der Waals surface area contributed by atoms with E-state index in [0.29, 0.717) is 18.5 Å². The lowest BCUT2D eigenvalue weighted by molar-refractivity contribution is 0.0950. The van der Waals surface area contributed by atoms with Crippen LogP contribution in [0.1, 0.15) is 27.2 Å². The molecule has 2 heterocycles. The lowest BCUT2D eigenvalue weighted by Gasteiger charge is -2.11. The minimum Gasteiger partial charge on any atom is -0.352 e. The molecular weight excluding hydrogens is 342 g/mol. The fraction of sp³-hybridized carbons (Fsp3) is 0.190. The van der Waals surface area contributed by atoms with E-state index < -0.39 is 0 Å². The number of aryl methyl sites for hydroxylation is 2. The predicted octanol–water partition coefficient (Wildman–Crippen LogP) is 4.22. The van der Waals surface area contributed by atoms with E-state index in [4.69, 9.17) is 0 Å². The molecule has 2 aromatic heterocycles. The van der Waals surface area contributed by atoms with E-state index in [1.165, 1.54) is 22.9 Å². The summed E-state index contributed by atoms with van der Waals surface area (Å²) in [5.41, 5.74) is 3.92. The molecule has 0 aliphatic rings. The molecule has 0 radical (unpaired) electrons. The van der Waals surface area contributed by atoms with Crippen LogP contribution in [0.15, 0.2) is 70.8 Å². The van der Waals surface area contributed by atoms with Gasteiger partial charge in [0, 0.05) is 35.9 Å². The highest BCUT2D eigenvalue weighted by molar-refractivity contribution is 7.99. The van der Waals surface area contributed by atoms with Crippen LogP contribution in [0, 0.1) is 13.8 Å². The van der Waals surface area contributed by atoms with Crippen molar-refractivity contribution in [2.24, 2.45) is 0 Å². The highest BCUT2D eigenvalue weighted by Crippen LogP contribution is 2.31. The Morgan fingerprint density at radius 2 is 1.88 bits per heavy atom. The molecule has 0 fully saturated rings. The van der Waals surface area contributed by atoms with Gasteiger partial charge < -0.3 is 5.32 Å². The van der Waals surface area contributed by atoms with E-state index in [9.17, 15) is 4.79 Å². The van der Waals surface area contributed by atoms with E-state index in [0.717, 1.165) is 15.6 Å². The van der Waals surface area contributed by atoms with Gasteiger partial charge in [-0.3, -0.25) is 9.78 Å². The summed E-state index contributed by atoms with van der Waals surface area (Å²) in [6.45, 7) is 4.67. The summed E-state index contributed by atoms with van der Waals surface area (Å²) in [7, 11) is 0. The molecule has 0 unspecified atom stereocenters. The number of nitrogens with one attached hydrogen (secondary N) is 1. The van der Waals surface area contributed by atoms with Gasteiger partial charge in [-0.2, -0.15) is 0 Å². The van der Waals surface area contributed by atoms with Crippen molar-refractivity contribution in [2.75, 3.05) is 6.54 Å². The van der Waals surface area contributed by atoms with Gasteiger partial charge in [-0.05, 0) is 55.3 Å². The number of hydrogen-bond donors (Lipinski definition) is 1. The Bertz CT molecular complexity index is 897. The van der Waals surface area contributed by atoms with E-state index in [2.05, 4.69) is 47.3 Å². The molecule has 26 heavy (non-hydrogen) atoms. The van der Waals surface area contributed by atoms with Crippen molar-refractivity contribution >= 4 is 17.7 Å². The van der Waals surface area contributed by atoms with Gasteiger partial charge in [-0.1, -0.05) is 30.0 Å². The van der Waals surface area contributed by atoms with Gasteiger partial charge in [0.1, 0.15) is 5.03 Å². The van der Waals surface area contributed by atoms with Crippen LogP contribution < -0.4 is 5.32 Å². The maximum atomic E-state index is 12.6. The largest absolute Gasteiger partial charge is 0.352 e. The topological polar surface area (TPSA) is 54.9 Å². The first-order valence-corrected chi connectivity index (χ1v) is 9.33. The van der Waals surface area contributed by atoms with E-state index in [-0.39, 0.29) is 5.91 Å². The van der Waals surface area contributed by atoms with Crippen LogP contribution in [-0.4, -0.2) is 22.4 Å². The van der Waals surface area contributed by atoms with Crippen LogP contribution in [0.5, 0.6) is 0 Å². The smallest absolute Gasteiger partial charge is 0.254 e. The molecule has 1 amide bonds. The van der Waals surface area contributed by atoms with Crippen molar-refractivity contribution in [3.05, 3.63) is 83.3 Å². The fourth-order valence-corrected chi connectivity index (χ4v) is 3.58. The molecule has 3 rings (SSSR count). The Morgan fingerprint density at radius 3 is 2.69 bits per heavy atom. The molecular formula is C21H21N3OS. The van der Waals surface area contributed by atoms with Crippen molar-refractivity contribution in [3.8, 4) is 0 Å². The first-order valence-electron chi connectivity index (χ1n) is 8.52. The number of carbonyl (C=O) groups excluding carboxylic acids is 1. The molecule has 3 aromatic rings. The maximum absolute atomic E-state index is 12.6. The van der Waals surface area contributed by atoms with Gasteiger partial charge in [0.25, 0.3) is 5.91 Å². The number of benzene rings is 1. The van der Waals surface area contributed by atoms with Gasteiger partial charge >= 0.3 is 0 Å². The molecule has 0 bridgehead atoms. The Morgan fingerprint density at radius 1 is 1.04 bits per heavy atom. The van der Waals surface area contributed by atoms with Crippen molar-refractivity contribution in [3.63, 3.8) is 0 Å². The van der Waals surface area contributed by atoms with Crippen LogP contribution in [0.3, 0.4) is 0 Å². The molecule has 0 spiro atoms. The lowest BCUT2D eigenvalue weighted by Crippen LogP contribution is -2.26. The maximum Gasteiger partial charge on any atom is 0.254 e. The number of pyridine rings is 2. The van der Waals surface area contributed by atoms with Gasteiger partial charge in [-0.15, -0.1) is 0 Å². The Hall–Kier alpha value is -2.66. The summed E-state index contributed by atoms with van der Waals surface area (Å²) in [5, 5.41) is 3.69. The lowest BCUT2D eigenvalue weighted by atomic mass is 10.2. The second-order valence-corrected chi connectivity index (χ2v) is 7.08. The highest BCUT2D eigenvalue weighted by atomic mass is 32.2. The van der Waals surface area contributed by atoms with Gasteiger partial charge in [0.05, 0.1) is 5.56 Å². The summed E-state index contributed by atoms with van der Waals surface area (Å²) in [6, 6.07) is 15.7. The number of amides is 1. The third kappa shape index (κ3) is 4.70.